The van der Waals surface area contributed by atoms with Crippen molar-refractivity contribution in [1.82, 2.24) is 19.4 Å². The number of piperidine rings is 1. The van der Waals surface area contributed by atoms with Crippen molar-refractivity contribution in [2.75, 3.05) is 26.8 Å². The highest BCUT2D eigenvalue weighted by atomic mass is 19.1. The molecule has 1 saturated carbocycles. The molecule has 0 bridgehead atoms. The molecule has 2 aromatic heterocycles. The number of aromatic carboxylic acids is 1. The molecular formula is C32H33FN4O5. The molecule has 1 unspecified atom stereocenters. The van der Waals surface area contributed by atoms with Gasteiger partial charge in [-0.05, 0) is 55.5 Å². The maximum absolute atomic E-state index is 14.1. The van der Waals surface area contributed by atoms with Crippen LogP contribution in [-0.4, -0.2) is 63.4 Å². The monoisotopic (exact) mass is 572 g/mol. The van der Waals surface area contributed by atoms with E-state index >= 15 is 0 Å². The van der Waals surface area contributed by atoms with Crippen molar-refractivity contribution in [3.63, 3.8) is 0 Å². The number of carboxylic acids is 1. The van der Waals surface area contributed by atoms with E-state index < -0.39 is 5.97 Å². The Labute approximate surface area is 242 Å². The second kappa shape index (κ2) is 10.7. The van der Waals surface area contributed by atoms with Crippen molar-refractivity contribution in [3.05, 3.63) is 82.6 Å². The quantitative estimate of drug-likeness (QED) is 0.290. The topological polar surface area (TPSA) is 98.9 Å². The van der Waals surface area contributed by atoms with Gasteiger partial charge < -0.3 is 23.9 Å². The number of hydrogen-bond acceptors (Lipinski definition) is 7. The molecule has 0 radical (unpaired) electrons. The van der Waals surface area contributed by atoms with Gasteiger partial charge in [-0.15, -0.1) is 0 Å². The molecule has 10 heteroatoms. The van der Waals surface area contributed by atoms with Crippen LogP contribution in [0.25, 0.3) is 11.0 Å². The molecule has 1 aliphatic carbocycles. The van der Waals surface area contributed by atoms with E-state index in [2.05, 4.69) is 15.5 Å². The minimum Gasteiger partial charge on any atom is -0.494 e. The number of hydrogen-bond donors (Lipinski definition) is 1. The van der Waals surface area contributed by atoms with E-state index in [1.807, 2.05) is 19.1 Å². The zero-order valence-electron chi connectivity index (χ0n) is 23.6. The lowest BCUT2D eigenvalue weighted by Crippen LogP contribution is -2.33. The lowest BCUT2D eigenvalue weighted by Gasteiger charge is -2.28. The normalized spacial score (nSPS) is 23.0. The molecule has 4 atom stereocenters. The van der Waals surface area contributed by atoms with Gasteiger partial charge in [0, 0.05) is 42.9 Å². The van der Waals surface area contributed by atoms with Crippen molar-refractivity contribution in [2.24, 2.45) is 11.8 Å². The lowest BCUT2D eigenvalue weighted by atomic mass is 10.1. The summed E-state index contributed by atoms with van der Waals surface area (Å²) in [6.07, 6.45) is 1.07. The van der Waals surface area contributed by atoms with E-state index in [9.17, 15) is 14.3 Å². The van der Waals surface area contributed by atoms with Gasteiger partial charge in [-0.2, -0.15) is 0 Å². The average Bonchev–Trinajstić information content (AvgIpc) is 3.27. The second-order valence-corrected chi connectivity index (χ2v) is 11.6. The van der Waals surface area contributed by atoms with Gasteiger partial charge in [-0.25, -0.2) is 19.2 Å². The summed E-state index contributed by atoms with van der Waals surface area (Å²) >= 11 is 0. The number of ether oxygens (including phenoxy) is 3. The Morgan fingerprint density at radius 1 is 1.14 bits per heavy atom. The fourth-order valence-electron chi connectivity index (χ4n) is 6.52. The molecule has 218 valence electrons. The summed E-state index contributed by atoms with van der Waals surface area (Å²) in [6.45, 7) is 5.96. The first-order chi connectivity index (χ1) is 20.4. The van der Waals surface area contributed by atoms with E-state index in [4.69, 9.17) is 24.2 Å². The molecule has 1 N–H and O–H groups in total. The molecule has 0 spiro atoms. The van der Waals surface area contributed by atoms with E-state index in [0.717, 1.165) is 48.7 Å². The van der Waals surface area contributed by atoms with Crippen molar-refractivity contribution in [2.45, 2.75) is 45.1 Å². The number of pyridine rings is 1. The number of fused-ring (bicyclic) bond motifs is 2. The van der Waals surface area contributed by atoms with Crippen LogP contribution in [0, 0.1) is 24.6 Å². The summed E-state index contributed by atoms with van der Waals surface area (Å²) in [5, 5.41) is 9.66. The number of nitrogens with zero attached hydrogens (tertiary/aromatic N) is 4. The number of aryl methyl sites for hydroxylation is 1. The van der Waals surface area contributed by atoms with Gasteiger partial charge in [0.1, 0.15) is 29.5 Å². The minimum atomic E-state index is -1.000. The average molecular weight is 573 g/mol. The Morgan fingerprint density at radius 3 is 2.67 bits per heavy atom. The Kier molecular flexibility index (Phi) is 6.82. The molecule has 3 fully saturated rings. The number of carbonyl (C=O) groups is 1. The Bertz CT molecular complexity index is 1660. The van der Waals surface area contributed by atoms with Crippen molar-refractivity contribution in [3.8, 4) is 11.6 Å². The highest BCUT2D eigenvalue weighted by Crippen LogP contribution is 2.58. The number of benzene rings is 2. The molecule has 9 nitrogen and oxygen atoms in total. The highest BCUT2D eigenvalue weighted by Gasteiger charge is 2.57. The number of aromatic nitrogens is 3. The fraction of sp³-hybridized carbons (Fsp3) is 0.406. The number of halogens is 1. The van der Waals surface area contributed by atoms with Crippen LogP contribution in [-0.2, 0) is 24.4 Å². The van der Waals surface area contributed by atoms with Crippen molar-refractivity contribution in [1.29, 1.82) is 0 Å². The fourth-order valence-corrected chi connectivity index (χ4v) is 6.52. The van der Waals surface area contributed by atoms with E-state index in [1.165, 1.54) is 19.2 Å². The van der Waals surface area contributed by atoms with Crippen LogP contribution in [0.15, 0.2) is 48.5 Å². The number of likely N-dealkylation sites (tertiary alicyclic amines) is 1. The maximum atomic E-state index is 14.1. The van der Waals surface area contributed by atoms with Crippen LogP contribution < -0.4 is 9.47 Å². The zero-order chi connectivity index (χ0) is 29.0. The summed E-state index contributed by atoms with van der Waals surface area (Å²) in [4.78, 5) is 23.9. The van der Waals surface area contributed by atoms with Crippen LogP contribution in [0.4, 0.5) is 4.39 Å². The van der Waals surface area contributed by atoms with E-state index in [1.54, 1.807) is 18.2 Å². The highest BCUT2D eigenvalue weighted by molar-refractivity contribution is 5.95. The molecule has 4 aromatic rings. The smallest absolute Gasteiger partial charge is 0.335 e. The molecule has 4 heterocycles. The third-order valence-electron chi connectivity index (χ3n) is 8.84. The molecule has 2 aromatic carbocycles. The second-order valence-electron chi connectivity index (χ2n) is 11.6. The molecule has 2 aliphatic heterocycles. The first-order valence-electron chi connectivity index (χ1n) is 14.4. The predicted molar refractivity (Wildman–Crippen MR) is 152 cm³/mol. The van der Waals surface area contributed by atoms with Gasteiger partial charge in [0.2, 0.25) is 5.88 Å². The van der Waals surface area contributed by atoms with Crippen LogP contribution in [0.3, 0.4) is 0 Å². The van der Waals surface area contributed by atoms with Crippen LogP contribution in [0.5, 0.6) is 11.6 Å². The van der Waals surface area contributed by atoms with Crippen LogP contribution in [0.2, 0.25) is 0 Å². The molecule has 2 saturated heterocycles. The number of carboxylic acid groups (broad SMARTS) is 1. The molecule has 7 rings (SSSR count). The zero-order valence-corrected chi connectivity index (χ0v) is 23.6. The number of imidazole rings is 1. The number of rotatable bonds is 10. The summed E-state index contributed by atoms with van der Waals surface area (Å²) in [5.74, 6) is 1.96. The molecular weight excluding hydrogens is 539 g/mol. The van der Waals surface area contributed by atoms with Gasteiger partial charge in [0.05, 0.1) is 37.4 Å². The van der Waals surface area contributed by atoms with Gasteiger partial charge in [-0.1, -0.05) is 17.7 Å². The largest absolute Gasteiger partial charge is 0.494 e. The summed E-state index contributed by atoms with van der Waals surface area (Å²) in [7, 11) is 1.54. The third kappa shape index (κ3) is 4.98. The van der Waals surface area contributed by atoms with Gasteiger partial charge >= 0.3 is 5.97 Å². The number of methoxy groups -OCH3 is 1. The predicted octanol–water partition coefficient (Wildman–Crippen LogP) is 4.80. The SMILES string of the molecule is COc1cc(C(=O)O)cc2c1nc(CN1C[C@@H]3C(c4cccc(OCc5cc(C)ccc5F)n4)[C@@H]3C1)n2C[C@@H]1CCO1. The Balaban J connectivity index is 1.05. The van der Waals surface area contributed by atoms with E-state index in [0.29, 0.717) is 53.6 Å². The third-order valence-corrected chi connectivity index (χ3v) is 8.84. The standard InChI is InChI=1S/C32H33FN4O5/c1-18-6-7-24(33)20(10-18)17-42-29-5-3-4-25(34-29)30-22-14-36(15-23(22)30)16-28-35-31-26(37(28)13-21-8-9-41-21)11-19(32(38)39)12-27(31)40-2/h3-7,10-12,21-23,30H,8-9,13-17H2,1-2H3,(H,38,39)/t21-,22-,23+,30?/m0/s1. The van der Waals surface area contributed by atoms with Crippen molar-refractivity contribution >= 4 is 17.0 Å². The van der Waals surface area contributed by atoms with Gasteiger partial charge in [0.25, 0.3) is 0 Å². The molecule has 0 amide bonds. The van der Waals surface area contributed by atoms with Gasteiger partial charge in [-0.3, -0.25) is 4.90 Å². The summed E-state index contributed by atoms with van der Waals surface area (Å²) < 4.78 is 33.4. The first kappa shape index (κ1) is 26.9. The summed E-state index contributed by atoms with van der Waals surface area (Å²) in [6, 6.07) is 14.1. The van der Waals surface area contributed by atoms with Crippen LogP contribution in [0.1, 0.15) is 45.3 Å². The maximum Gasteiger partial charge on any atom is 0.335 e. The summed E-state index contributed by atoms with van der Waals surface area (Å²) in [5.41, 5.74) is 4.13. The van der Waals surface area contributed by atoms with Gasteiger partial charge in [0.15, 0.2) is 0 Å². The molecule has 3 aliphatic rings. The van der Waals surface area contributed by atoms with E-state index in [-0.39, 0.29) is 24.1 Å². The lowest BCUT2D eigenvalue weighted by molar-refractivity contribution is -0.0591. The molecule has 42 heavy (non-hydrogen) atoms. The van der Waals surface area contributed by atoms with Crippen molar-refractivity contribution < 1.29 is 28.5 Å². The minimum absolute atomic E-state index is 0.0972. The van der Waals surface area contributed by atoms with Crippen LogP contribution >= 0.6 is 0 Å². The first-order valence-corrected chi connectivity index (χ1v) is 14.4. The Hall–Kier alpha value is -4.02. The Morgan fingerprint density at radius 2 is 1.95 bits per heavy atom.